The normalized spacial score (nSPS) is 11.9. The third kappa shape index (κ3) is 4.94. The SMILES string of the molecule is CC(C)(C)Nc1nccc(C(=O)Nc2cccc(C(F)(F)F)c2)n1. The fraction of sp³-hybridized carbons (Fsp3) is 0.312. The van der Waals surface area contributed by atoms with Gasteiger partial charge < -0.3 is 10.6 Å². The first-order chi connectivity index (χ1) is 11.0. The molecule has 0 fully saturated rings. The molecular formula is C16H17F3N4O. The van der Waals surface area contributed by atoms with Crippen molar-refractivity contribution in [2.24, 2.45) is 0 Å². The lowest BCUT2D eigenvalue weighted by Gasteiger charge is -2.20. The Morgan fingerprint density at radius 3 is 2.46 bits per heavy atom. The average molecular weight is 338 g/mol. The summed E-state index contributed by atoms with van der Waals surface area (Å²) in [5, 5.41) is 5.42. The zero-order valence-electron chi connectivity index (χ0n) is 13.4. The number of rotatable bonds is 3. The molecule has 5 nitrogen and oxygen atoms in total. The summed E-state index contributed by atoms with van der Waals surface area (Å²) in [7, 11) is 0. The number of anilines is 2. The van der Waals surface area contributed by atoms with Gasteiger partial charge in [-0.2, -0.15) is 13.2 Å². The second kappa shape index (κ2) is 6.46. The van der Waals surface area contributed by atoms with Crippen molar-refractivity contribution in [3.63, 3.8) is 0 Å². The number of hydrogen-bond donors (Lipinski definition) is 2. The van der Waals surface area contributed by atoms with E-state index in [0.717, 1.165) is 12.1 Å². The molecule has 24 heavy (non-hydrogen) atoms. The molecule has 2 rings (SSSR count). The molecule has 1 aromatic carbocycles. The number of alkyl halides is 3. The highest BCUT2D eigenvalue weighted by Gasteiger charge is 2.30. The van der Waals surface area contributed by atoms with Crippen molar-refractivity contribution in [3.05, 3.63) is 47.8 Å². The van der Waals surface area contributed by atoms with Crippen molar-refractivity contribution in [2.45, 2.75) is 32.5 Å². The van der Waals surface area contributed by atoms with E-state index in [-0.39, 0.29) is 22.9 Å². The van der Waals surface area contributed by atoms with Crippen LogP contribution in [0.3, 0.4) is 0 Å². The third-order valence-electron chi connectivity index (χ3n) is 2.82. The predicted octanol–water partition coefficient (Wildman–Crippen LogP) is 3.96. The van der Waals surface area contributed by atoms with Crippen molar-refractivity contribution in [2.75, 3.05) is 10.6 Å². The molecule has 1 amide bonds. The summed E-state index contributed by atoms with van der Waals surface area (Å²) in [6.45, 7) is 5.73. The van der Waals surface area contributed by atoms with Gasteiger partial charge in [-0.3, -0.25) is 4.79 Å². The van der Waals surface area contributed by atoms with Gasteiger partial charge in [-0.05, 0) is 45.0 Å². The van der Waals surface area contributed by atoms with Crippen LogP contribution in [-0.4, -0.2) is 21.4 Å². The van der Waals surface area contributed by atoms with Gasteiger partial charge in [0.05, 0.1) is 5.56 Å². The topological polar surface area (TPSA) is 66.9 Å². The highest BCUT2D eigenvalue weighted by Crippen LogP contribution is 2.30. The quantitative estimate of drug-likeness (QED) is 0.889. The second-order valence-corrected chi connectivity index (χ2v) is 6.17. The van der Waals surface area contributed by atoms with Gasteiger partial charge in [-0.1, -0.05) is 6.07 Å². The minimum absolute atomic E-state index is 0.0405. The molecule has 0 radical (unpaired) electrons. The molecule has 128 valence electrons. The Kier molecular flexibility index (Phi) is 4.77. The van der Waals surface area contributed by atoms with Crippen molar-refractivity contribution >= 4 is 17.5 Å². The summed E-state index contributed by atoms with van der Waals surface area (Å²) in [4.78, 5) is 20.3. The summed E-state index contributed by atoms with van der Waals surface area (Å²) in [6, 6.07) is 5.80. The smallest absolute Gasteiger partial charge is 0.350 e. The summed E-state index contributed by atoms with van der Waals surface area (Å²) in [6.07, 6.45) is -3.07. The van der Waals surface area contributed by atoms with Crippen LogP contribution in [0.15, 0.2) is 36.5 Å². The third-order valence-corrected chi connectivity index (χ3v) is 2.82. The Balaban J connectivity index is 2.17. The van der Waals surface area contributed by atoms with Crippen molar-refractivity contribution < 1.29 is 18.0 Å². The Morgan fingerprint density at radius 2 is 1.83 bits per heavy atom. The van der Waals surface area contributed by atoms with Gasteiger partial charge in [0.25, 0.3) is 5.91 Å². The number of aromatic nitrogens is 2. The number of amides is 1. The Hall–Kier alpha value is -2.64. The number of carbonyl (C=O) groups excluding carboxylic acids is 1. The highest BCUT2D eigenvalue weighted by molar-refractivity contribution is 6.03. The summed E-state index contributed by atoms with van der Waals surface area (Å²) >= 11 is 0. The number of benzene rings is 1. The van der Waals surface area contributed by atoms with Crippen molar-refractivity contribution in [1.82, 2.24) is 9.97 Å². The number of halogens is 3. The van der Waals surface area contributed by atoms with Gasteiger partial charge in [0, 0.05) is 17.4 Å². The standard InChI is InChI=1S/C16H17F3N4O/c1-15(2,3)23-14-20-8-7-12(22-14)13(24)21-11-6-4-5-10(9-11)16(17,18)19/h4-9H,1-3H3,(H,21,24)(H,20,22,23). The Bertz CT molecular complexity index is 739. The number of hydrogen-bond acceptors (Lipinski definition) is 4. The minimum Gasteiger partial charge on any atom is -0.350 e. The molecule has 0 unspecified atom stereocenters. The van der Waals surface area contributed by atoms with E-state index in [1.165, 1.54) is 24.4 Å². The molecule has 0 saturated heterocycles. The number of nitrogens with one attached hydrogen (secondary N) is 2. The molecule has 0 atom stereocenters. The van der Waals surface area contributed by atoms with E-state index in [4.69, 9.17) is 0 Å². The van der Waals surface area contributed by atoms with Crippen LogP contribution in [0.4, 0.5) is 24.8 Å². The second-order valence-electron chi connectivity index (χ2n) is 6.17. The minimum atomic E-state index is -4.47. The molecule has 0 bridgehead atoms. The predicted molar refractivity (Wildman–Crippen MR) is 84.8 cm³/mol. The molecule has 1 aromatic heterocycles. The summed E-state index contributed by atoms with van der Waals surface area (Å²) in [5.41, 5.74) is -1.04. The lowest BCUT2D eigenvalue weighted by molar-refractivity contribution is -0.137. The van der Waals surface area contributed by atoms with Gasteiger partial charge >= 0.3 is 6.18 Å². The van der Waals surface area contributed by atoms with E-state index in [9.17, 15) is 18.0 Å². The average Bonchev–Trinajstić information content (AvgIpc) is 2.45. The number of carbonyl (C=O) groups is 1. The zero-order chi connectivity index (χ0) is 18.0. The van der Waals surface area contributed by atoms with E-state index >= 15 is 0 Å². The molecule has 2 N–H and O–H groups in total. The maximum atomic E-state index is 12.7. The summed E-state index contributed by atoms with van der Waals surface area (Å²) in [5.74, 6) is -0.354. The summed E-state index contributed by atoms with van der Waals surface area (Å²) < 4.78 is 38.1. The van der Waals surface area contributed by atoms with E-state index < -0.39 is 17.6 Å². The maximum absolute atomic E-state index is 12.7. The first kappa shape index (κ1) is 17.7. The molecular weight excluding hydrogens is 321 g/mol. The Labute approximate surface area is 137 Å². The van der Waals surface area contributed by atoms with E-state index in [2.05, 4.69) is 20.6 Å². The monoisotopic (exact) mass is 338 g/mol. The maximum Gasteiger partial charge on any atom is 0.416 e. The van der Waals surface area contributed by atoms with Crippen LogP contribution in [0.2, 0.25) is 0 Å². The molecule has 0 spiro atoms. The van der Waals surface area contributed by atoms with E-state index in [1.54, 1.807) is 0 Å². The number of nitrogens with zero attached hydrogens (tertiary/aromatic N) is 2. The fourth-order valence-corrected chi connectivity index (χ4v) is 1.85. The van der Waals surface area contributed by atoms with Crippen molar-refractivity contribution in [1.29, 1.82) is 0 Å². The zero-order valence-corrected chi connectivity index (χ0v) is 13.4. The largest absolute Gasteiger partial charge is 0.416 e. The molecule has 8 heteroatoms. The molecule has 0 aliphatic rings. The molecule has 0 aliphatic heterocycles. The van der Waals surface area contributed by atoms with Crippen LogP contribution >= 0.6 is 0 Å². The lowest BCUT2D eigenvalue weighted by atomic mass is 10.1. The van der Waals surface area contributed by atoms with Crippen LogP contribution in [0.5, 0.6) is 0 Å². The van der Waals surface area contributed by atoms with Gasteiger partial charge in [-0.25, -0.2) is 9.97 Å². The van der Waals surface area contributed by atoms with Crippen molar-refractivity contribution in [3.8, 4) is 0 Å². The van der Waals surface area contributed by atoms with E-state index in [0.29, 0.717) is 0 Å². The van der Waals surface area contributed by atoms with Gasteiger partial charge in [0.15, 0.2) is 0 Å². The Morgan fingerprint density at radius 1 is 1.12 bits per heavy atom. The van der Waals surface area contributed by atoms with Gasteiger partial charge in [0.2, 0.25) is 5.95 Å². The van der Waals surface area contributed by atoms with Crippen LogP contribution in [0, 0.1) is 0 Å². The van der Waals surface area contributed by atoms with Crippen LogP contribution in [-0.2, 0) is 6.18 Å². The molecule has 1 heterocycles. The van der Waals surface area contributed by atoms with Gasteiger partial charge in [0.1, 0.15) is 5.69 Å². The molecule has 2 aromatic rings. The molecule has 0 aliphatic carbocycles. The first-order valence-corrected chi connectivity index (χ1v) is 7.14. The molecule has 0 saturated carbocycles. The van der Waals surface area contributed by atoms with E-state index in [1.807, 2.05) is 20.8 Å². The lowest BCUT2D eigenvalue weighted by Crippen LogP contribution is -2.28. The van der Waals surface area contributed by atoms with Crippen LogP contribution < -0.4 is 10.6 Å². The highest BCUT2D eigenvalue weighted by atomic mass is 19.4. The fourth-order valence-electron chi connectivity index (χ4n) is 1.85. The van der Waals surface area contributed by atoms with Crippen LogP contribution in [0.25, 0.3) is 0 Å². The first-order valence-electron chi connectivity index (χ1n) is 7.14. The van der Waals surface area contributed by atoms with Gasteiger partial charge in [-0.15, -0.1) is 0 Å². The van der Waals surface area contributed by atoms with Crippen LogP contribution in [0.1, 0.15) is 36.8 Å².